The first-order valence-electron chi connectivity index (χ1n) is 9.05. The number of carboxylic acid groups (broad SMARTS) is 1. The molecule has 7 nitrogen and oxygen atoms in total. The Balaban J connectivity index is 1.78. The van der Waals surface area contributed by atoms with E-state index in [1.165, 1.54) is 30.3 Å². The van der Waals surface area contributed by atoms with Crippen LogP contribution in [0.2, 0.25) is 5.02 Å². The van der Waals surface area contributed by atoms with Crippen LogP contribution < -0.4 is 10.6 Å². The van der Waals surface area contributed by atoms with E-state index in [0.29, 0.717) is 16.7 Å². The summed E-state index contributed by atoms with van der Waals surface area (Å²) >= 11 is 6.22. The van der Waals surface area contributed by atoms with E-state index < -0.39 is 23.7 Å². The number of imide groups is 1. The maximum Gasteiger partial charge on any atom is 0.335 e. The number of furan rings is 1. The van der Waals surface area contributed by atoms with Gasteiger partial charge >= 0.3 is 12.0 Å². The minimum absolute atomic E-state index is 0.0145. The minimum Gasteiger partial charge on any atom is -0.478 e. The number of halogens is 2. The molecule has 1 fully saturated rings. The molecule has 3 aromatic rings. The molecule has 1 aliphatic rings. The van der Waals surface area contributed by atoms with Crippen molar-refractivity contribution in [3.63, 3.8) is 0 Å². The predicted octanol–water partition coefficient (Wildman–Crippen LogP) is 4.23. The number of urea groups is 1. The Kier molecular flexibility index (Phi) is 5.31. The van der Waals surface area contributed by atoms with Crippen LogP contribution in [0.25, 0.3) is 16.9 Å². The van der Waals surface area contributed by atoms with Crippen molar-refractivity contribution >= 4 is 35.1 Å². The van der Waals surface area contributed by atoms with E-state index in [4.69, 9.17) is 16.0 Å². The summed E-state index contributed by atoms with van der Waals surface area (Å²) < 4.78 is 19.2. The monoisotopic (exact) mass is 440 g/mol. The first kappa shape index (κ1) is 20.4. The first-order valence-corrected chi connectivity index (χ1v) is 9.43. The maximum atomic E-state index is 13.3. The van der Waals surface area contributed by atoms with Gasteiger partial charge in [-0.25, -0.2) is 14.0 Å². The lowest BCUT2D eigenvalue weighted by Gasteiger charge is -2.09. The van der Waals surface area contributed by atoms with Gasteiger partial charge in [0.05, 0.1) is 10.6 Å². The summed E-state index contributed by atoms with van der Waals surface area (Å²) in [7, 11) is 0. The Bertz CT molecular complexity index is 1250. The molecule has 2 heterocycles. The fraction of sp³-hybridized carbons (Fsp3) is 0.0455. The van der Waals surface area contributed by atoms with Gasteiger partial charge in [-0.3, -0.25) is 10.1 Å². The Labute approximate surface area is 180 Å². The summed E-state index contributed by atoms with van der Waals surface area (Å²) in [6.45, 7) is 0. The zero-order chi connectivity index (χ0) is 22.1. The van der Waals surface area contributed by atoms with Gasteiger partial charge in [0, 0.05) is 17.6 Å². The number of benzene rings is 2. The van der Waals surface area contributed by atoms with Gasteiger partial charge in [-0.1, -0.05) is 23.7 Å². The number of hydrogen-bond donors (Lipinski definition) is 3. The van der Waals surface area contributed by atoms with Gasteiger partial charge in [-0.15, -0.1) is 0 Å². The van der Waals surface area contributed by atoms with Crippen molar-refractivity contribution in [2.24, 2.45) is 0 Å². The Morgan fingerprint density at radius 2 is 1.77 bits per heavy atom. The largest absolute Gasteiger partial charge is 0.478 e. The smallest absolute Gasteiger partial charge is 0.335 e. The van der Waals surface area contributed by atoms with Crippen molar-refractivity contribution in [2.75, 3.05) is 0 Å². The molecular weight excluding hydrogens is 427 g/mol. The van der Waals surface area contributed by atoms with Crippen LogP contribution in [-0.2, 0) is 11.2 Å². The minimum atomic E-state index is -1.12. The van der Waals surface area contributed by atoms with E-state index in [2.05, 4.69) is 10.6 Å². The average Bonchev–Trinajstić information content (AvgIpc) is 3.34. The Morgan fingerprint density at radius 1 is 1.03 bits per heavy atom. The molecule has 31 heavy (non-hydrogen) atoms. The number of aromatic carboxylic acids is 1. The number of carboxylic acids is 1. The quantitative estimate of drug-likeness (QED) is 0.406. The Morgan fingerprint density at radius 3 is 2.42 bits per heavy atom. The van der Waals surface area contributed by atoms with Gasteiger partial charge in [0.1, 0.15) is 23.0 Å². The molecule has 3 N–H and O–H groups in total. The molecule has 0 spiro atoms. The number of rotatable bonds is 5. The van der Waals surface area contributed by atoms with Crippen molar-refractivity contribution in [3.05, 3.63) is 88.0 Å². The first-order chi connectivity index (χ1) is 14.8. The zero-order valence-electron chi connectivity index (χ0n) is 15.7. The van der Waals surface area contributed by atoms with E-state index in [0.717, 1.165) is 0 Å². The number of carbonyl (C=O) groups excluding carboxylic acids is 2. The average molecular weight is 441 g/mol. The highest BCUT2D eigenvalue weighted by molar-refractivity contribution is 6.33. The molecule has 0 unspecified atom stereocenters. The molecule has 3 amide bonds. The van der Waals surface area contributed by atoms with Crippen LogP contribution in [-0.4, -0.2) is 23.0 Å². The highest BCUT2D eigenvalue weighted by atomic mass is 35.5. The topological polar surface area (TPSA) is 109 Å². The third-order valence-corrected chi connectivity index (χ3v) is 5.00. The molecule has 156 valence electrons. The van der Waals surface area contributed by atoms with Crippen molar-refractivity contribution in [3.8, 4) is 11.3 Å². The predicted molar refractivity (Wildman–Crippen MR) is 110 cm³/mol. The number of carbonyl (C=O) groups is 3. The number of allylic oxidation sites excluding steroid dienone is 1. The van der Waals surface area contributed by atoms with E-state index in [1.54, 1.807) is 24.3 Å². The zero-order valence-corrected chi connectivity index (χ0v) is 16.5. The molecule has 1 aromatic heterocycles. The lowest BCUT2D eigenvalue weighted by molar-refractivity contribution is -0.115. The summed E-state index contributed by atoms with van der Waals surface area (Å²) in [5.74, 6) is -1.59. The van der Waals surface area contributed by atoms with Gasteiger partial charge in [0.2, 0.25) is 0 Å². The van der Waals surface area contributed by atoms with Gasteiger partial charge in [-0.2, -0.15) is 0 Å². The second-order valence-electron chi connectivity index (χ2n) is 6.73. The van der Waals surface area contributed by atoms with Crippen molar-refractivity contribution in [1.29, 1.82) is 0 Å². The number of hydrogen-bond acceptors (Lipinski definition) is 4. The van der Waals surface area contributed by atoms with E-state index in [-0.39, 0.29) is 34.2 Å². The lowest BCUT2D eigenvalue weighted by atomic mass is 10.0. The lowest BCUT2D eigenvalue weighted by Crippen LogP contribution is -2.22. The van der Waals surface area contributed by atoms with Gasteiger partial charge < -0.3 is 14.8 Å². The summed E-state index contributed by atoms with van der Waals surface area (Å²) in [6.07, 6.45) is 0.166. The second-order valence-corrected chi connectivity index (χ2v) is 7.14. The number of nitrogens with one attached hydrogen (secondary N) is 2. The second kappa shape index (κ2) is 8.08. The van der Waals surface area contributed by atoms with Crippen molar-refractivity contribution < 1.29 is 28.3 Å². The molecule has 0 radical (unpaired) electrons. The van der Waals surface area contributed by atoms with Crippen molar-refractivity contribution in [2.45, 2.75) is 6.42 Å². The summed E-state index contributed by atoms with van der Waals surface area (Å²) in [4.78, 5) is 35.2. The fourth-order valence-electron chi connectivity index (χ4n) is 3.18. The molecule has 4 rings (SSSR count). The van der Waals surface area contributed by atoms with Crippen LogP contribution in [0.3, 0.4) is 0 Å². The highest BCUT2D eigenvalue weighted by Gasteiger charge is 2.29. The molecular formula is C22H14ClFN2O5. The molecule has 0 atom stereocenters. The van der Waals surface area contributed by atoms with E-state index in [9.17, 15) is 23.9 Å². The molecule has 0 saturated carbocycles. The third kappa shape index (κ3) is 4.19. The van der Waals surface area contributed by atoms with Gasteiger partial charge in [0.15, 0.2) is 0 Å². The standard InChI is InChI=1S/C22H14ClFN2O5/c23-16-6-3-12(21(28)29)10-14(16)17-7-8-18(31-17)15(19-20(27)26-22(30)25-19)9-11-1-4-13(24)5-2-11/h1-8,10H,9H2,(H,28,29)(H2,25,26,27,30)/b19-15-. The van der Waals surface area contributed by atoms with Crippen LogP contribution in [0.15, 0.2) is 64.7 Å². The van der Waals surface area contributed by atoms with Crippen LogP contribution in [0, 0.1) is 5.82 Å². The van der Waals surface area contributed by atoms with E-state index in [1.807, 2.05) is 0 Å². The normalized spacial score (nSPS) is 14.9. The van der Waals surface area contributed by atoms with Gasteiger partial charge in [0.25, 0.3) is 5.91 Å². The molecule has 1 saturated heterocycles. The maximum absolute atomic E-state index is 13.3. The fourth-order valence-corrected chi connectivity index (χ4v) is 3.39. The van der Waals surface area contributed by atoms with Crippen LogP contribution in [0.1, 0.15) is 21.7 Å². The van der Waals surface area contributed by atoms with Crippen LogP contribution in [0.5, 0.6) is 0 Å². The molecule has 2 aromatic carbocycles. The Hall–Kier alpha value is -3.91. The summed E-state index contributed by atoms with van der Waals surface area (Å²) in [5.41, 5.74) is 1.46. The van der Waals surface area contributed by atoms with Crippen LogP contribution >= 0.6 is 11.6 Å². The number of amides is 3. The SMILES string of the molecule is O=C1NC(=O)/C(=C(\Cc2ccc(F)cc2)c2ccc(-c3cc(C(=O)O)ccc3Cl)o2)N1. The van der Waals surface area contributed by atoms with Gasteiger partial charge in [-0.05, 0) is 48.0 Å². The van der Waals surface area contributed by atoms with Crippen molar-refractivity contribution in [1.82, 2.24) is 10.6 Å². The molecule has 9 heteroatoms. The van der Waals surface area contributed by atoms with E-state index >= 15 is 0 Å². The highest BCUT2D eigenvalue weighted by Crippen LogP contribution is 2.34. The molecule has 1 aliphatic heterocycles. The third-order valence-electron chi connectivity index (χ3n) is 4.67. The summed E-state index contributed by atoms with van der Waals surface area (Å²) in [6, 6.07) is 12.4. The van der Waals surface area contributed by atoms with Crippen LogP contribution in [0.4, 0.5) is 9.18 Å². The molecule has 0 bridgehead atoms. The molecule has 0 aliphatic carbocycles. The summed E-state index contributed by atoms with van der Waals surface area (Å²) in [5, 5.41) is 14.1.